The second kappa shape index (κ2) is 7.48. The van der Waals surface area contributed by atoms with Crippen LogP contribution in [0, 0.1) is 6.92 Å². The highest BCUT2D eigenvalue weighted by Crippen LogP contribution is 2.24. The van der Waals surface area contributed by atoms with Crippen LogP contribution >= 0.6 is 0 Å². The van der Waals surface area contributed by atoms with Gasteiger partial charge in [-0.1, -0.05) is 48.5 Å². The van der Waals surface area contributed by atoms with Gasteiger partial charge in [0.1, 0.15) is 17.2 Å². The Morgan fingerprint density at radius 1 is 1.00 bits per heavy atom. The zero-order valence-corrected chi connectivity index (χ0v) is 15.6. The molecule has 28 heavy (non-hydrogen) atoms. The molecule has 0 aliphatic heterocycles. The molecule has 2 aromatic carbocycles. The predicted octanol–water partition coefficient (Wildman–Crippen LogP) is 4.96. The van der Waals surface area contributed by atoms with Gasteiger partial charge in [0.25, 0.3) is 5.91 Å². The van der Waals surface area contributed by atoms with Crippen LogP contribution in [0.5, 0.6) is 0 Å². The molecule has 2 aromatic heterocycles. The molecule has 0 atom stereocenters. The Balaban J connectivity index is 1.71. The number of aryl methyl sites for hydroxylation is 1. The van der Waals surface area contributed by atoms with Gasteiger partial charge < -0.3 is 4.42 Å². The maximum Gasteiger partial charge on any atom is 0.272 e. The van der Waals surface area contributed by atoms with Crippen molar-refractivity contribution in [3.05, 3.63) is 89.9 Å². The number of fused-ring (bicyclic) bond motifs is 1. The topological polar surface area (TPSA) is 67.5 Å². The third kappa shape index (κ3) is 3.55. The monoisotopic (exact) mass is 369 g/mol. The quantitative estimate of drug-likeness (QED) is 0.408. The minimum absolute atomic E-state index is 0.293. The van der Waals surface area contributed by atoms with Crippen molar-refractivity contribution in [1.82, 2.24) is 10.4 Å². The molecule has 0 radical (unpaired) electrons. The number of para-hydroxylation sites is 1. The average Bonchev–Trinajstić information content (AvgIpc) is 3.18. The Labute approximate surface area is 162 Å². The van der Waals surface area contributed by atoms with Crippen molar-refractivity contribution in [2.75, 3.05) is 0 Å². The van der Waals surface area contributed by atoms with Crippen molar-refractivity contribution < 1.29 is 9.21 Å². The lowest BCUT2D eigenvalue weighted by atomic mass is 10.0. The fraction of sp³-hybridized carbons (Fsp3) is 0.0870. The summed E-state index contributed by atoms with van der Waals surface area (Å²) in [4.78, 5) is 17.6. The van der Waals surface area contributed by atoms with Crippen LogP contribution in [0.4, 0.5) is 0 Å². The molecule has 4 aromatic rings. The van der Waals surface area contributed by atoms with Crippen LogP contribution in [-0.4, -0.2) is 16.6 Å². The summed E-state index contributed by atoms with van der Waals surface area (Å²) in [5.41, 5.74) is 6.22. The van der Waals surface area contributed by atoms with E-state index in [1.807, 2.05) is 73.7 Å². The highest BCUT2D eigenvalue weighted by molar-refractivity contribution is 6.08. The molecule has 0 fully saturated rings. The molecule has 0 aliphatic rings. The lowest BCUT2D eigenvalue weighted by molar-refractivity contribution is 0.0956. The van der Waals surface area contributed by atoms with E-state index in [-0.39, 0.29) is 5.91 Å². The third-order valence-electron chi connectivity index (χ3n) is 4.45. The van der Waals surface area contributed by atoms with E-state index in [0.717, 1.165) is 27.9 Å². The molecule has 4 rings (SSSR count). The van der Waals surface area contributed by atoms with Crippen molar-refractivity contribution in [1.29, 1.82) is 0 Å². The van der Waals surface area contributed by atoms with Crippen LogP contribution in [0.25, 0.3) is 22.2 Å². The summed E-state index contributed by atoms with van der Waals surface area (Å²) in [6.45, 7) is 3.65. The van der Waals surface area contributed by atoms with Crippen LogP contribution in [-0.2, 0) is 0 Å². The van der Waals surface area contributed by atoms with Gasteiger partial charge in [0, 0.05) is 10.9 Å². The first-order valence-corrected chi connectivity index (χ1v) is 8.98. The molecule has 5 heteroatoms. The van der Waals surface area contributed by atoms with Gasteiger partial charge in [-0.3, -0.25) is 4.79 Å². The van der Waals surface area contributed by atoms with E-state index >= 15 is 0 Å². The van der Waals surface area contributed by atoms with Crippen LogP contribution in [0.1, 0.15) is 28.8 Å². The van der Waals surface area contributed by atoms with E-state index < -0.39 is 0 Å². The molecule has 0 saturated carbocycles. The Bertz CT molecular complexity index is 1180. The van der Waals surface area contributed by atoms with Gasteiger partial charge in [0.05, 0.1) is 16.8 Å². The fourth-order valence-corrected chi connectivity index (χ4v) is 3.00. The van der Waals surface area contributed by atoms with Gasteiger partial charge in [-0.2, -0.15) is 5.10 Å². The molecule has 0 aliphatic carbocycles. The molecule has 0 bridgehead atoms. The van der Waals surface area contributed by atoms with Crippen LogP contribution in [0.15, 0.2) is 82.3 Å². The lowest BCUT2D eigenvalue weighted by Crippen LogP contribution is -2.20. The summed E-state index contributed by atoms with van der Waals surface area (Å²) >= 11 is 0. The molecule has 0 spiro atoms. The van der Waals surface area contributed by atoms with Crippen molar-refractivity contribution >= 4 is 22.5 Å². The SMILES string of the molecule is C/C(=N/NC(=O)c1cc(-c2ccccc2)nc2ccccc12)c1ccc(C)o1. The Morgan fingerprint density at radius 3 is 2.50 bits per heavy atom. The number of hydrogen-bond acceptors (Lipinski definition) is 4. The molecule has 1 N–H and O–H groups in total. The molecular formula is C23H19N3O2. The summed E-state index contributed by atoms with van der Waals surface area (Å²) in [6, 6.07) is 22.9. The number of pyridine rings is 1. The Kier molecular flexibility index (Phi) is 4.72. The highest BCUT2D eigenvalue weighted by Gasteiger charge is 2.14. The lowest BCUT2D eigenvalue weighted by Gasteiger charge is -2.09. The number of benzene rings is 2. The predicted molar refractivity (Wildman–Crippen MR) is 110 cm³/mol. The van der Waals surface area contributed by atoms with Crippen LogP contribution in [0.3, 0.4) is 0 Å². The number of hydrazone groups is 1. The zero-order chi connectivity index (χ0) is 19.5. The second-order valence-electron chi connectivity index (χ2n) is 6.49. The number of carbonyl (C=O) groups excluding carboxylic acids is 1. The minimum atomic E-state index is -0.293. The smallest absolute Gasteiger partial charge is 0.272 e. The first-order valence-electron chi connectivity index (χ1n) is 8.98. The summed E-state index contributed by atoms with van der Waals surface area (Å²) in [5, 5.41) is 4.98. The van der Waals surface area contributed by atoms with Crippen LogP contribution < -0.4 is 5.43 Å². The number of aromatic nitrogens is 1. The first-order chi connectivity index (χ1) is 13.6. The zero-order valence-electron chi connectivity index (χ0n) is 15.6. The number of amides is 1. The van der Waals surface area contributed by atoms with E-state index in [9.17, 15) is 4.79 Å². The maximum atomic E-state index is 12.9. The number of nitrogens with one attached hydrogen (secondary N) is 1. The van der Waals surface area contributed by atoms with Crippen molar-refractivity contribution in [2.45, 2.75) is 13.8 Å². The van der Waals surface area contributed by atoms with E-state index in [1.54, 1.807) is 13.0 Å². The number of furan rings is 1. The number of carbonyl (C=O) groups is 1. The molecule has 1 amide bonds. The number of rotatable bonds is 4. The molecule has 0 saturated heterocycles. The van der Waals surface area contributed by atoms with E-state index in [0.29, 0.717) is 17.0 Å². The van der Waals surface area contributed by atoms with E-state index in [1.165, 1.54) is 0 Å². The van der Waals surface area contributed by atoms with Gasteiger partial charge in [0.2, 0.25) is 0 Å². The second-order valence-corrected chi connectivity index (χ2v) is 6.49. The Morgan fingerprint density at radius 2 is 1.75 bits per heavy atom. The summed E-state index contributed by atoms with van der Waals surface area (Å²) in [6.07, 6.45) is 0. The third-order valence-corrected chi connectivity index (χ3v) is 4.45. The van der Waals surface area contributed by atoms with Crippen molar-refractivity contribution in [2.24, 2.45) is 5.10 Å². The van der Waals surface area contributed by atoms with Crippen molar-refractivity contribution in [3.63, 3.8) is 0 Å². The van der Waals surface area contributed by atoms with Crippen LogP contribution in [0.2, 0.25) is 0 Å². The fourth-order valence-electron chi connectivity index (χ4n) is 3.00. The largest absolute Gasteiger partial charge is 0.460 e. The molecular weight excluding hydrogens is 350 g/mol. The molecule has 2 heterocycles. The van der Waals surface area contributed by atoms with Crippen molar-refractivity contribution in [3.8, 4) is 11.3 Å². The molecule has 138 valence electrons. The average molecular weight is 369 g/mol. The van der Waals surface area contributed by atoms with E-state index in [2.05, 4.69) is 10.5 Å². The molecule has 0 unspecified atom stereocenters. The minimum Gasteiger partial charge on any atom is -0.460 e. The van der Waals surface area contributed by atoms with Gasteiger partial charge in [0.15, 0.2) is 0 Å². The van der Waals surface area contributed by atoms with Gasteiger partial charge in [-0.05, 0) is 38.1 Å². The van der Waals surface area contributed by atoms with Gasteiger partial charge in [-0.25, -0.2) is 10.4 Å². The Hall–Kier alpha value is -3.73. The normalized spacial score (nSPS) is 11.6. The van der Waals surface area contributed by atoms with Gasteiger partial charge >= 0.3 is 0 Å². The molecule has 5 nitrogen and oxygen atoms in total. The summed E-state index contributed by atoms with van der Waals surface area (Å²) < 4.78 is 5.54. The highest BCUT2D eigenvalue weighted by atomic mass is 16.3. The van der Waals surface area contributed by atoms with E-state index in [4.69, 9.17) is 9.40 Å². The first kappa shape index (κ1) is 17.7. The summed E-state index contributed by atoms with van der Waals surface area (Å²) in [7, 11) is 0. The number of hydrogen-bond donors (Lipinski definition) is 1. The summed E-state index contributed by atoms with van der Waals surface area (Å²) in [5.74, 6) is 1.13. The number of nitrogens with zero attached hydrogens (tertiary/aromatic N) is 2. The maximum absolute atomic E-state index is 12.9. The van der Waals surface area contributed by atoms with Gasteiger partial charge in [-0.15, -0.1) is 0 Å². The standard InChI is InChI=1S/C23H19N3O2/c1-15-12-13-22(28-15)16(2)25-26-23(27)19-14-21(17-8-4-3-5-9-17)24-20-11-7-6-10-18(19)20/h3-14H,1-2H3,(H,26,27)/b25-16-.